The summed E-state index contributed by atoms with van der Waals surface area (Å²) in [5.74, 6) is -2.68. The highest BCUT2D eigenvalue weighted by molar-refractivity contribution is 5.98. The van der Waals surface area contributed by atoms with Crippen molar-refractivity contribution in [1.29, 1.82) is 0 Å². The standard InChI is InChI=1S/C24H39N3O7/c1-5-16(14-28)27-19(20(29)25-7-8-26-9-11-32-12-10-26)24-13-15(3)23(4,34-24)18(17(24)21(27)30)22(31)33-6-2/h15-19,28H,5-14H2,1-4H3,(H,25,29)/t15?,16-,17-,18+,19?,23-,24?/m0/s1. The number of amides is 2. The van der Waals surface area contributed by atoms with Gasteiger partial charge in [-0.2, -0.15) is 0 Å². The van der Waals surface area contributed by atoms with Crippen LogP contribution in [-0.2, 0) is 28.6 Å². The summed E-state index contributed by atoms with van der Waals surface area (Å²) >= 11 is 0. The first-order valence-corrected chi connectivity index (χ1v) is 12.6. The van der Waals surface area contributed by atoms with Crippen LogP contribution in [0.5, 0.6) is 0 Å². The third-order valence-corrected chi connectivity index (χ3v) is 8.45. The van der Waals surface area contributed by atoms with Crippen molar-refractivity contribution < 1.29 is 33.7 Å². The van der Waals surface area contributed by atoms with Crippen molar-refractivity contribution in [1.82, 2.24) is 15.1 Å². The Balaban J connectivity index is 1.63. The van der Waals surface area contributed by atoms with E-state index in [0.717, 1.165) is 13.1 Å². The molecular formula is C24H39N3O7. The molecule has 4 saturated heterocycles. The van der Waals surface area contributed by atoms with Gasteiger partial charge in [-0.05, 0) is 32.6 Å². The quantitative estimate of drug-likeness (QED) is 0.434. The molecule has 7 atom stereocenters. The van der Waals surface area contributed by atoms with Crippen molar-refractivity contribution in [3.05, 3.63) is 0 Å². The van der Waals surface area contributed by atoms with Gasteiger partial charge in [0.05, 0.1) is 44.0 Å². The number of nitrogens with one attached hydrogen (secondary N) is 1. The summed E-state index contributed by atoms with van der Waals surface area (Å²) < 4.78 is 17.3. The van der Waals surface area contributed by atoms with E-state index < -0.39 is 41.1 Å². The summed E-state index contributed by atoms with van der Waals surface area (Å²) in [5.41, 5.74) is -2.00. The maximum absolute atomic E-state index is 13.9. The second-order valence-electron chi connectivity index (χ2n) is 10.2. The fourth-order valence-corrected chi connectivity index (χ4v) is 6.63. The fourth-order valence-electron chi connectivity index (χ4n) is 6.63. The minimum absolute atomic E-state index is 0.0382. The normalized spacial score (nSPS) is 38.1. The number of aliphatic hydroxyl groups excluding tert-OH is 1. The van der Waals surface area contributed by atoms with Gasteiger partial charge >= 0.3 is 5.97 Å². The van der Waals surface area contributed by atoms with Crippen molar-refractivity contribution in [2.24, 2.45) is 17.8 Å². The van der Waals surface area contributed by atoms with Gasteiger partial charge in [-0.25, -0.2) is 0 Å². The Morgan fingerprint density at radius 3 is 2.62 bits per heavy atom. The molecule has 1 spiro atoms. The van der Waals surface area contributed by atoms with Gasteiger partial charge in [0.25, 0.3) is 0 Å². The molecule has 2 N–H and O–H groups in total. The SMILES string of the molecule is CCOC(=O)[C@H]1[C@H]2C(=O)N([C@@H](CC)CO)C(C(=O)NCCN3CCOCC3)C23CC(C)[C@]1(C)O3. The number of nitrogens with zero attached hydrogens (tertiary/aromatic N) is 2. The minimum Gasteiger partial charge on any atom is -0.466 e. The van der Waals surface area contributed by atoms with E-state index in [4.69, 9.17) is 14.2 Å². The van der Waals surface area contributed by atoms with E-state index in [1.807, 2.05) is 20.8 Å². The van der Waals surface area contributed by atoms with Crippen LogP contribution in [0, 0.1) is 17.8 Å². The van der Waals surface area contributed by atoms with Gasteiger partial charge in [-0.1, -0.05) is 13.8 Å². The molecule has 2 amide bonds. The van der Waals surface area contributed by atoms with E-state index >= 15 is 0 Å². The van der Waals surface area contributed by atoms with Crippen LogP contribution in [0.25, 0.3) is 0 Å². The molecule has 4 heterocycles. The predicted molar refractivity (Wildman–Crippen MR) is 122 cm³/mol. The van der Waals surface area contributed by atoms with E-state index in [1.165, 1.54) is 4.90 Å². The molecule has 34 heavy (non-hydrogen) atoms. The Hall–Kier alpha value is -1.75. The van der Waals surface area contributed by atoms with E-state index in [9.17, 15) is 19.5 Å². The number of hydrogen-bond acceptors (Lipinski definition) is 8. The molecule has 4 fully saturated rings. The fraction of sp³-hybridized carbons (Fsp3) is 0.875. The third kappa shape index (κ3) is 3.83. The number of fused-ring (bicyclic) bond motifs is 1. The molecule has 0 aromatic heterocycles. The molecule has 10 heteroatoms. The zero-order chi connectivity index (χ0) is 24.7. The summed E-state index contributed by atoms with van der Waals surface area (Å²) in [5, 5.41) is 13.1. The van der Waals surface area contributed by atoms with Gasteiger partial charge in [0.15, 0.2) is 0 Å². The van der Waals surface area contributed by atoms with Crippen molar-refractivity contribution in [2.45, 2.75) is 63.8 Å². The molecule has 0 radical (unpaired) electrons. The first-order chi connectivity index (χ1) is 16.2. The average molecular weight is 482 g/mol. The van der Waals surface area contributed by atoms with Crippen molar-refractivity contribution in [3.8, 4) is 0 Å². The van der Waals surface area contributed by atoms with Crippen LogP contribution in [0.1, 0.15) is 40.5 Å². The molecule has 4 rings (SSSR count). The van der Waals surface area contributed by atoms with Gasteiger partial charge in [0, 0.05) is 26.2 Å². The number of esters is 1. The van der Waals surface area contributed by atoms with E-state index in [-0.39, 0.29) is 30.9 Å². The van der Waals surface area contributed by atoms with Crippen LogP contribution >= 0.6 is 0 Å². The molecule has 2 bridgehead atoms. The van der Waals surface area contributed by atoms with Crippen LogP contribution in [0.3, 0.4) is 0 Å². The molecule has 0 aromatic carbocycles. The summed E-state index contributed by atoms with van der Waals surface area (Å²) in [4.78, 5) is 44.3. The molecule has 10 nitrogen and oxygen atoms in total. The Labute approximate surface area is 201 Å². The maximum Gasteiger partial charge on any atom is 0.312 e. The zero-order valence-electron chi connectivity index (χ0n) is 20.7. The van der Waals surface area contributed by atoms with Crippen LogP contribution < -0.4 is 5.32 Å². The number of carbonyl (C=O) groups excluding carboxylic acids is 3. The predicted octanol–water partition coefficient (Wildman–Crippen LogP) is -0.220. The van der Waals surface area contributed by atoms with Gasteiger partial charge < -0.3 is 29.5 Å². The first kappa shape index (κ1) is 25.3. The maximum atomic E-state index is 13.9. The Kier molecular flexibility index (Phi) is 7.24. The highest BCUT2D eigenvalue weighted by Crippen LogP contribution is 2.65. The van der Waals surface area contributed by atoms with E-state index in [0.29, 0.717) is 39.1 Å². The number of hydrogen-bond donors (Lipinski definition) is 2. The Bertz CT molecular complexity index is 799. The first-order valence-electron chi connectivity index (χ1n) is 12.6. The van der Waals surface area contributed by atoms with Crippen LogP contribution in [0.4, 0.5) is 0 Å². The number of carbonyl (C=O) groups is 3. The largest absolute Gasteiger partial charge is 0.466 e. The molecule has 4 aliphatic rings. The molecule has 3 unspecified atom stereocenters. The van der Waals surface area contributed by atoms with Crippen LogP contribution in [0.2, 0.25) is 0 Å². The minimum atomic E-state index is -1.12. The molecule has 0 aliphatic carbocycles. The highest BCUT2D eigenvalue weighted by atomic mass is 16.6. The van der Waals surface area contributed by atoms with Gasteiger partial charge in [-0.3, -0.25) is 19.3 Å². The van der Waals surface area contributed by atoms with Crippen molar-refractivity contribution in [3.63, 3.8) is 0 Å². The summed E-state index contributed by atoms with van der Waals surface area (Å²) in [7, 11) is 0. The lowest BCUT2D eigenvalue weighted by atomic mass is 9.62. The van der Waals surface area contributed by atoms with E-state index in [2.05, 4.69) is 10.2 Å². The molecule has 4 aliphatic heterocycles. The van der Waals surface area contributed by atoms with Crippen LogP contribution in [0.15, 0.2) is 0 Å². The van der Waals surface area contributed by atoms with Gasteiger partial charge in [0.1, 0.15) is 17.6 Å². The van der Waals surface area contributed by atoms with Crippen molar-refractivity contribution in [2.75, 3.05) is 52.6 Å². The van der Waals surface area contributed by atoms with Crippen LogP contribution in [-0.4, -0.2) is 109 Å². The second kappa shape index (κ2) is 9.72. The summed E-state index contributed by atoms with van der Waals surface area (Å²) in [6, 6.07) is -1.44. The highest BCUT2D eigenvalue weighted by Gasteiger charge is 2.80. The summed E-state index contributed by atoms with van der Waals surface area (Å²) in [6.45, 7) is 11.5. The number of ether oxygens (including phenoxy) is 3. The van der Waals surface area contributed by atoms with Crippen molar-refractivity contribution >= 4 is 17.8 Å². The molecular weight excluding hydrogens is 442 g/mol. The molecule has 0 saturated carbocycles. The lowest BCUT2D eigenvalue weighted by Gasteiger charge is -2.37. The molecule has 0 aromatic rings. The number of rotatable bonds is 9. The smallest absolute Gasteiger partial charge is 0.312 e. The zero-order valence-corrected chi connectivity index (χ0v) is 20.7. The Morgan fingerprint density at radius 1 is 1.29 bits per heavy atom. The van der Waals surface area contributed by atoms with Gasteiger partial charge in [0.2, 0.25) is 11.8 Å². The van der Waals surface area contributed by atoms with Gasteiger partial charge in [-0.15, -0.1) is 0 Å². The average Bonchev–Trinajstić information content (AvgIpc) is 3.33. The number of aliphatic hydroxyl groups is 1. The number of likely N-dealkylation sites (tertiary alicyclic amines) is 1. The number of morpholine rings is 1. The lowest BCUT2D eigenvalue weighted by molar-refractivity contribution is -0.162. The van der Waals surface area contributed by atoms with E-state index in [1.54, 1.807) is 6.92 Å². The molecule has 192 valence electrons. The topological polar surface area (TPSA) is 118 Å². The third-order valence-electron chi connectivity index (χ3n) is 8.45. The lowest BCUT2D eigenvalue weighted by Crippen LogP contribution is -2.58. The monoisotopic (exact) mass is 481 g/mol. The Morgan fingerprint density at radius 2 is 2.00 bits per heavy atom. The second-order valence-corrected chi connectivity index (χ2v) is 10.2. The summed E-state index contributed by atoms with van der Waals surface area (Å²) in [6.07, 6.45) is 0.981.